The van der Waals surface area contributed by atoms with E-state index >= 15 is 0 Å². The van der Waals surface area contributed by atoms with Crippen molar-refractivity contribution in [1.29, 1.82) is 0 Å². The van der Waals surface area contributed by atoms with Crippen molar-refractivity contribution < 1.29 is 5.11 Å². The Hall–Kier alpha value is -1.90. The van der Waals surface area contributed by atoms with Gasteiger partial charge in [-0.15, -0.1) is 0 Å². The molecule has 76 valence electrons. The lowest BCUT2D eigenvalue weighted by atomic mass is 10.1. The summed E-state index contributed by atoms with van der Waals surface area (Å²) in [7, 11) is 0. The molecule has 3 nitrogen and oxygen atoms in total. The van der Waals surface area contributed by atoms with Crippen molar-refractivity contribution >= 4 is 0 Å². The van der Waals surface area contributed by atoms with E-state index in [1.54, 1.807) is 0 Å². The Kier molecular flexibility index (Phi) is 2.63. The standard InChI is InChI=1S/C12H12N2O/c1-2-9-3-5-10(6-4-9)12-13-7-11(15)8-14-12/h3-8,15H,2H2,1H3. The quantitative estimate of drug-likeness (QED) is 0.809. The van der Waals surface area contributed by atoms with Gasteiger partial charge in [-0.2, -0.15) is 0 Å². The second-order valence-corrected chi connectivity index (χ2v) is 3.32. The summed E-state index contributed by atoms with van der Waals surface area (Å²) in [6.07, 6.45) is 3.82. The molecule has 2 aromatic rings. The van der Waals surface area contributed by atoms with Crippen molar-refractivity contribution in [2.45, 2.75) is 13.3 Å². The number of benzene rings is 1. The number of aromatic nitrogens is 2. The van der Waals surface area contributed by atoms with Crippen LogP contribution >= 0.6 is 0 Å². The van der Waals surface area contributed by atoms with Crippen molar-refractivity contribution in [3.63, 3.8) is 0 Å². The van der Waals surface area contributed by atoms with Crippen molar-refractivity contribution in [2.24, 2.45) is 0 Å². The lowest BCUT2D eigenvalue weighted by Gasteiger charge is -2.01. The number of aryl methyl sites for hydroxylation is 1. The molecule has 0 saturated carbocycles. The number of aromatic hydroxyl groups is 1. The molecule has 0 aliphatic carbocycles. The molecular formula is C12H12N2O. The molecule has 0 spiro atoms. The second kappa shape index (κ2) is 4.09. The van der Waals surface area contributed by atoms with Gasteiger partial charge in [0, 0.05) is 5.56 Å². The van der Waals surface area contributed by atoms with E-state index < -0.39 is 0 Å². The zero-order valence-corrected chi connectivity index (χ0v) is 8.51. The first-order valence-electron chi connectivity index (χ1n) is 4.90. The third-order valence-electron chi connectivity index (χ3n) is 2.26. The minimum atomic E-state index is 0.0870. The first-order valence-corrected chi connectivity index (χ1v) is 4.90. The number of nitrogens with zero attached hydrogens (tertiary/aromatic N) is 2. The Labute approximate surface area is 88.5 Å². The van der Waals surface area contributed by atoms with Crippen LogP contribution in [0.15, 0.2) is 36.7 Å². The summed E-state index contributed by atoms with van der Waals surface area (Å²) in [5.74, 6) is 0.722. The molecule has 1 aromatic heterocycles. The monoisotopic (exact) mass is 200 g/mol. The molecule has 0 aliphatic heterocycles. The highest BCUT2D eigenvalue weighted by Gasteiger charge is 2.00. The van der Waals surface area contributed by atoms with Gasteiger partial charge in [0.1, 0.15) is 0 Å². The van der Waals surface area contributed by atoms with E-state index in [2.05, 4.69) is 29.0 Å². The van der Waals surface area contributed by atoms with Gasteiger partial charge in [0.25, 0.3) is 0 Å². The summed E-state index contributed by atoms with van der Waals surface area (Å²) in [4.78, 5) is 8.09. The van der Waals surface area contributed by atoms with Gasteiger partial charge in [0.2, 0.25) is 0 Å². The molecule has 0 amide bonds. The minimum absolute atomic E-state index is 0.0870. The summed E-state index contributed by atoms with van der Waals surface area (Å²) in [6, 6.07) is 8.10. The van der Waals surface area contributed by atoms with Crippen LogP contribution in [0, 0.1) is 0 Å². The summed E-state index contributed by atoms with van der Waals surface area (Å²) >= 11 is 0. The van der Waals surface area contributed by atoms with Crippen LogP contribution in [0.3, 0.4) is 0 Å². The van der Waals surface area contributed by atoms with Crippen LogP contribution in [-0.2, 0) is 6.42 Å². The Balaban J connectivity index is 2.33. The molecular weight excluding hydrogens is 188 g/mol. The van der Waals surface area contributed by atoms with Crippen molar-refractivity contribution in [1.82, 2.24) is 9.97 Å². The van der Waals surface area contributed by atoms with Crippen LogP contribution in [0.1, 0.15) is 12.5 Å². The normalized spacial score (nSPS) is 10.2. The molecule has 0 saturated heterocycles. The Bertz CT molecular complexity index is 434. The average molecular weight is 200 g/mol. The maximum Gasteiger partial charge on any atom is 0.159 e. The maximum atomic E-state index is 9.06. The van der Waals surface area contributed by atoms with E-state index in [9.17, 15) is 0 Å². The fraction of sp³-hybridized carbons (Fsp3) is 0.167. The third-order valence-corrected chi connectivity index (χ3v) is 2.26. The zero-order chi connectivity index (χ0) is 10.7. The molecule has 3 heteroatoms. The smallest absolute Gasteiger partial charge is 0.159 e. The SMILES string of the molecule is CCc1ccc(-c2ncc(O)cn2)cc1. The number of hydrogen-bond acceptors (Lipinski definition) is 3. The molecule has 0 atom stereocenters. The van der Waals surface area contributed by atoms with E-state index in [4.69, 9.17) is 5.11 Å². The summed E-state index contributed by atoms with van der Waals surface area (Å²) in [6.45, 7) is 2.12. The number of hydrogen-bond donors (Lipinski definition) is 1. The van der Waals surface area contributed by atoms with E-state index in [0.717, 1.165) is 12.0 Å². The first-order chi connectivity index (χ1) is 7.29. The van der Waals surface area contributed by atoms with Gasteiger partial charge in [-0.3, -0.25) is 0 Å². The maximum absolute atomic E-state index is 9.06. The second-order valence-electron chi connectivity index (χ2n) is 3.32. The molecule has 0 unspecified atom stereocenters. The summed E-state index contributed by atoms with van der Waals surface area (Å²) in [5, 5.41) is 9.06. The fourth-order valence-corrected chi connectivity index (χ4v) is 1.36. The molecule has 0 radical (unpaired) electrons. The van der Waals surface area contributed by atoms with Crippen LogP contribution < -0.4 is 0 Å². The predicted octanol–water partition coefficient (Wildman–Crippen LogP) is 2.41. The molecule has 1 heterocycles. The zero-order valence-electron chi connectivity index (χ0n) is 8.51. The van der Waals surface area contributed by atoms with Gasteiger partial charge in [0.15, 0.2) is 11.6 Å². The summed E-state index contributed by atoms with van der Waals surface area (Å²) < 4.78 is 0. The highest BCUT2D eigenvalue weighted by Crippen LogP contribution is 2.16. The first kappa shape index (κ1) is 9.65. The Morgan fingerprint density at radius 1 is 1.07 bits per heavy atom. The third kappa shape index (κ3) is 2.13. The molecule has 15 heavy (non-hydrogen) atoms. The molecule has 0 fully saturated rings. The van der Waals surface area contributed by atoms with Gasteiger partial charge in [-0.25, -0.2) is 9.97 Å². The van der Waals surface area contributed by atoms with Crippen molar-refractivity contribution in [3.05, 3.63) is 42.2 Å². The van der Waals surface area contributed by atoms with E-state index in [1.165, 1.54) is 18.0 Å². The average Bonchev–Trinajstić information content (AvgIpc) is 2.30. The van der Waals surface area contributed by atoms with E-state index in [-0.39, 0.29) is 5.75 Å². The largest absolute Gasteiger partial charge is 0.505 e. The highest BCUT2D eigenvalue weighted by atomic mass is 16.3. The highest BCUT2D eigenvalue weighted by molar-refractivity contribution is 5.55. The Morgan fingerprint density at radius 2 is 1.67 bits per heavy atom. The molecule has 0 bridgehead atoms. The molecule has 1 aromatic carbocycles. The van der Waals surface area contributed by atoms with Crippen LogP contribution in [0.25, 0.3) is 11.4 Å². The minimum Gasteiger partial charge on any atom is -0.505 e. The van der Waals surface area contributed by atoms with Crippen LogP contribution in [0.2, 0.25) is 0 Å². The van der Waals surface area contributed by atoms with Gasteiger partial charge < -0.3 is 5.11 Å². The lowest BCUT2D eigenvalue weighted by molar-refractivity contribution is 0.470. The topological polar surface area (TPSA) is 46.0 Å². The van der Waals surface area contributed by atoms with Crippen molar-refractivity contribution in [3.8, 4) is 17.1 Å². The number of rotatable bonds is 2. The van der Waals surface area contributed by atoms with Crippen molar-refractivity contribution in [2.75, 3.05) is 0 Å². The lowest BCUT2D eigenvalue weighted by Crippen LogP contribution is -1.88. The van der Waals surface area contributed by atoms with E-state index in [0.29, 0.717) is 5.82 Å². The van der Waals surface area contributed by atoms with Gasteiger partial charge in [-0.1, -0.05) is 31.2 Å². The van der Waals surface area contributed by atoms with Gasteiger partial charge in [0.05, 0.1) is 12.4 Å². The predicted molar refractivity (Wildman–Crippen MR) is 58.5 cm³/mol. The summed E-state index contributed by atoms with van der Waals surface area (Å²) in [5.41, 5.74) is 2.25. The molecule has 2 rings (SSSR count). The van der Waals surface area contributed by atoms with Gasteiger partial charge in [-0.05, 0) is 12.0 Å². The van der Waals surface area contributed by atoms with Crippen LogP contribution in [0.5, 0.6) is 5.75 Å². The van der Waals surface area contributed by atoms with Crippen LogP contribution in [0.4, 0.5) is 0 Å². The molecule has 0 aliphatic rings. The van der Waals surface area contributed by atoms with Crippen LogP contribution in [-0.4, -0.2) is 15.1 Å². The fourth-order valence-electron chi connectivity index (χ4n) is 1.36. The van der Waals surface area contributed by atoms with E-state index in [1.807, 2.05) is 12.1 Å². The molecule has 1 N–H and O–H groups in total. The van der Waals surface area contributed by atoms with Gasteiger partial charge >= 0.3 is 0 Å². The Morgan fingerprint density at radius 3 is 2.20 bits per heavy atom.